The number of nitrogens with zero attached hydrogens (tertiary/aromatic N) is 3. The van der Waals surface area contributed by atoms with Crippen LogP contribution in [0.3, 0.4) is 0 Å². The third-order valence-electron chi connectivity index (χ3n) is 4.64. The molecule has 0 fully saturated rings. The van der Waals surface area contributed by atoms with Gasteiger partial charge in [0, 0.05) is 29.9 Å². The van der Waals surface area contributed by atoms with E-state index in [-0.39, 0.29) is 5.91 Å². The molecule has 0 atom stereocenters. The number of amides is 1. The Bertz CT molecular complexity index is 976. The highest BCUT2D eigenvalue weighted by Gasteiger charge is 2.21. The Morgan fingerprint density at radius 1 is 1.11 bits per heavy atom. The number of aromatic nitrogens is 2. The van der Waals surface area contributed by atoms with E-state index in [1.54, 1.807) is 6.07 Å². The van der Waals surface area contributed by atoms with E-state index in [4.69, 9.17) is 11.6 Å². The molecule has 27 heavy (non-hydrogen) atoms. The normalized spacial score (nSPS) is 12.7. The van der Waals surface area contributed by atoms with Crippen LogP contribution in [0.5, 0.6) is 0 Å². The first kappa shape index (κ1) is 17.5. The molecule has 1 aliphatic rings. The lowest BCUT2D eigenvalue weighted by Gasteiger charge is -2.18. The zero-order chi connectivity index (χ0) is 18.6. The standard InChI is InChI=1S/C21H19ClN4O/c22-17-6-3-4-15(12-17)8-10-23-21(27)18-13-20(25-14-24-18)26-11-9-16-5-1-2-7-19(16)26/h1-7,12-14H,8-11H2,(H,23,27). The van der Waals surface area contributed by atoms with E-state index in [2.05, 4.69) is 32.3 Å². The second kappa shape index (κ2) is 7.76. The number of hydrogen-bond acceptors (Lipinski definition) is 4. The van der Waals surface area contributed by atoms with Crippen molar-refractivity contribution in [2.45, 2.75) is 12.8 Å². The number of nitrogens with one attached hydrogen (secondary N) is 1. The van der Waals surface area contributed by atoms with Crippen LogP contribution in [0.2, 0.25) is 5.02 Å². The van der Waals surface area contributed by atoms with E-state index < -0.39 is 0 Å². The zero-order valence-electron chi connectivity index (χ0n) is 14.7. The summed E-state index contributed by atoms with van der Waals surface area (Å²) < 4.78 is 0. The van der Waals surface area contributed by atoms with Crippen molar-refractivity contribution < 1.29 is 4.79 Å². The van der Waals surface area contributed by atoms with Gasteiger partial charge in [-0.25, -0.2) is 9.97 Å². The molecular weight excluding hydrogens is 360 g/mol. The highest BCUT2D eigenvalue weighted by atomic mass is 35.5. The smallest absolute Gasteiger partial charge is 0.270 e. The van der Waals surface area contributed by atoms with Crippen LogP contribution in [0.4, 0.5) is 11.5 Å². The minimum atomic E-state index is -0.201. The Morgan fingerprint density at radius 3 is 2.89 bits per heavy atom. The third kappa shape index (κ3) is 3.93. The van der Waals surface area contributed by atoms with Crippen LogP contribution in [0.15, 0.2) is 60.9 Å². The largest absolute Gasteiger partial charge is 0.350 e. The van der Waals surface area contributed by atoms with Crippen molar-refractivity contribution in [3.05, 3.63) is 82.8 Å². The summed E-state index contributed by atoms with van der Waals surface area (Å²) in [5, 5.41) is 3.61. The number of carbonyl (C=O) groups is 1. The first-order valence-electron chi connectivity index (χ1n) is 8.91. The van der Waals surface area contributed by atoms with Crippen LogP contribution in [0, 0.1) is 0 Å². The van der Waals surface area contributed by atoms with Gasteiger partial charge in [-0.2, -0.15) is 0 Å². The maximum Gasteiger partial charge on any atom is 0.270 e. The van der Waals surface area contributed by atoms with Crippen LogP contribution >= 0.6 is 11.6 Å². The first-order valence-corrected chi connectivity index (χ1v) is 9.28. The van der Waals surface area contributed by atoms with E-state index in [0.29, 0.717) is 23.7 Å². The lowest BCUT2D eigenvalue weighted by molar-refractivity contribution is 0.0949. The molecule has 2 aromatic carbocycles. The average molecular weight is 379 g/mol. The summed E-state index contributed by atoms with van der Waals surface area (Å²) in [7, 11) is 0. The highest BCUT2D eigenvalue weighted by Crippen LogP contribution is 2.32. The van der Waals surface area contributed by atoms with Crippen molar-refractivity contribution in [2.24, 2.45) is 0 Å². The molecule has 1 amide bonds. The van der Waals surface area contributed by atoms with Gasteiger partial charge in [0.25, 0.3) is 5.91 Å². The highest BCUT2D eigenvalue weighted by molar-refractivity contribution is 6.30. The molecule has 3 aromatic rings. The summed E-state index contributed by atoms with van der Waals surface area (Å²) in [6.07, 6.45) is 3.13. The van der Waals surface area contributed by atoms with Crippen LogP contribution in [-0.4, -0.2) is 29.0 Å². The number of hydrogen-bond donors (Lipinski definition) is 1. The molecule has 0 saturated carbocycles. The molecule has 0 unspecified atom stereocenters. The van der Waals surface area contributed by atoms with Gasteiger partial charge in [0.05, 0.1) is 0 Å². The number of benzene rings is 2. The predicted molar refractivity (Wildman–Crippen MR) is 107 cm³/mol. The molecule has 0 saturated heterocycles. The second-order valence-electron chi connectivity index (χ2n) is 6.43. The van der Waals surface area contributed by atoms with E-state index in [1.165, 1.54) is 11.9 Å². The monoisotopic (exact) mass is 378 g/mol. The fourth-order valence-corrected chi connectivity index (χ4v) is 3.51. The molecule has 2 heterocycles. The molecule has 0 radical (unpaired) electrons. The number of halogens is 1. The van der Waals surface area contributed by atoms with Gasteiger partial charge in [-0.05, 0) is 42.2 Å². The molecule has 1 N–H and O–H groups in total. The van der Waals surface area contributed by atoms with Crippen LogP contribution in [0.25, 0.3) is 0 Å². The van der Waals surface area contributed by atoms with Gasteiger partial charge >= 0.3 is 0 Å². The molecule has 0 spiro atoms. The Hall–Kier alpha value is -2.92. The maximum atomic E-state index is 12.5. The lowest BCUT2D eigenvalue weighted by atomic mass is 10.1. The van der Waals surface area contributed by atoms with Gasteiger partial charge in [0.15, 0.2) is 0 Å². The number of fused-ring (bicyclic) bond motifs is 1. The van der Waals surface area contributed by atoms with Gasteiger partial charge in [-0.15, -0.1) is 0 Å². The molecule has 136 valence electrons. The average Bonchev–Trinajstić information content (AvgIpc) is 3.12. The maximum absolute atomic E-state index is 12.5. The fraction of sp³-hybridized carbons (Fsp3) is 0.190. The third-order valence-corrected chi connectivity index (χ3v) is 4.87. The van der Waals surface area contributed by atoms with Crippen LogP contribution in [0.1, 0.15) is 21.6 Å². The van der Waals surface area contributed by atoms with Gasteiger partial charge < -0.3 is 10.2 Å². The Balaban J connectivity index is 1.42. The van der Waals surface area contributed by atoms with Crippen molar-refractivity contribution in [1.82, 2.24) is 15.3 Å². The topological polar surface area (TPSA) is 58.1 Å². The molecule has 5 nitrogen and oxygen atoms in total. The number of anilines is 2. The summed E-state index contributed by atoms with van der Waals surface area (Å²) in [5.41, 5.74) is 3.89. The van der Waals surface area contributed by atoms with E-state index in [1.807, 2.05) is 36.4 Å². The molecule has 0 bridgehead atoms. The molecule has 1 aliphatic heterocycles. The fourth-order valence-electron chi connectivity index (χ4n) is 3.30. The summed E-state index contributed by atoms with van der Waals surface area (Å²) in [6.45, 7) is 1.37. The molecule has 4 rings (SSSR count). The van der Waals surface area contributed by atoms with E-state index >= 15 is 0 Å². The van der Waals surface area contributed by atoms with Gasteiger partial charge in [-0.3, -0.25) is 4.79 Å². The second-order valence-corrected chi connectivity index (χ2v) is 6.86. The van der Waals surface area contributed by atoms with Gasteiger partial charge in [-0.1, -0.05) is 41.9 Å². The van der Waals surface area contributed by atoms with Crippen molar-refractivity contribution >= 4 is 29.0 Å². The molecule has 1 aromatic heterocycles. The van der Waals surface area contributed by atoms with Crippen molar-refractivity contribution in [1.29, 1.82) is 0 Å². The number of carbonyl (C=O) groups excluding carboxylic acids is 1. The quantitative estimate of drug-likeness (QED) is 0.733. The Morgan fingerprint density at radius 2 is 2.00 bits per heavy atom. The summed E-state index contributed by atoms with van der Waals surface area (Å²) >= 11 is 5.99. The summed E-state index contributed by atoms with van der Waals surface area (Å²) in [4.78, 5) is 23.1. The minimum absolute atomic E-state index is 0.201. The Labute approximate surface area is 163 Å². The van der Waals surface area contributed by atoms with Crippen molar-refractivity contribution in [2.75, 3.05) is 18.0 Å². The van der Waals surface area contributed by atoms with Gasteiger partial charge in [0.1, 0.15) is 17.8 Å². The van der Waals surface area contributed by atoms with E-state index in [0.717, 1.165) is 30.0 Å². The van der Waals surface area contributed by atoms with Crippen molar-refractivity contribution in [3.8, 4) is 0 Å². The minimum Gasteiger partial charge on any atom is -0.350 e. The van der Waals surface area contributed by atoms with Crippen molar-refractivity contribution in [3.63, 3.8) is 0 Å². The number of para-hydroxylation sites is 1. The number of rotatable bonds is 5. The van der Waals surface area contributed by atoms with Crippen LogP contribution < -0.4 is 10.2 Å². The summed E-state index contributed by atoms with van der Waals surface area (Å²) in [5.74, 6) is 0.545. The molecular formula is C21H19ClN4O. The zero-order valence-corrected chi connectivity index (χ0v) is 15.5. The first-order chi connectivity index (χ1) is 13.2. The van der Waals surface area contributed by atoms with E-state index in [9.17, 15) is 4.79 Å². The molecule has 6 heteroatoms. The summed E-state index contributed by atoms with van der Waals surface area (Å²) in [6, 6.07) is 17.6. The lowest BCUT2D eigenvalue weighted by Crippen LogP contribution is -2.27. The SMILES string of the molecule is O=C(NCCc1cccc(Cl)c1)c1cc(N2CCc3ccccc32)ncn1. The predicted octanol–water partition coefficient (Wildman–Crippen LogP) is 3.80. The van der Waals surface area contributed by atoms with Crippen LogP contribution in [-0.2, 0) is 12.8 Å². The Kier molecular flexibility index (Phi) is 5.03. The molecule has 0 aliphatic carbocycles. The van der Waals surface area contributed by atoms with Gasteiger partial charge in [0.2, 0.25) is 0 Å².